The maximum Gasteiger partial charge on any atom is 0.524 e. The molecule has 6 aliphatic rings. The number of nitrogens with one attached hydrogen (secondary N) is 3. The maximum atomic E-state index is 14.0. The smallest absolute Gasteiger partial charge is 0.462 e. The van der Waals surface area contributed by atoms with Gasteiger partial charge in [0.15, 0.2) is 0 Å². The van der Waals surface area contributed by atoms with E-state index in [9.17, 15) is 64.3 Å². The average molecular weight is 1950 g/mol. The fourth-order valence-corrected chi connectivity index (χ4v) is 21.3. The van der Waals surface area contributed by atoms with Gasteiger partial charge in [-0.25, -0.2) is 49.9 Å². The Morgan fingerprint density at radius 2 is 1.01 bits per heavy atom. The van der Waals surface area contributed by atoms with Gasteiger partial charge in [-0.05, 0) is 169 Å². The van der Waals surface area contributed by atoms with Crippen LogP contribution in [0.15, 0.2) is 140 Å². The molecule has 46 heteroatoms. The first-order valence-corrected chi connectivity index (χ1v) is 49.4. The third kappa shape index (κ3) is 24.5. The Balaban J connectivity index is 0.000000158. The summed E-state index contributed by atoms with van der Waals surface area (Å²) in [6.07, 6.45) is 8.67. The van der Waals surface area contributed by atoms with E-state index in [0.29, 0.717) is 97.0 Å². The van der Waals surface area contributed by atoms with Crippen molar-refractivity contribution in [1.82, 2.24) is 29.9 Å². The molecule has 128 heavy (non-hydrogen) atoms. The van der Waals surface area contributed by atoms with Crippen molar-refractivity contribution in [1.29, 1.82) is 0 Å². The van der Waals surface area contributed by atoms with Gasteiger partial charge in [0.25, 0.3) is 0 Å². The van der Waals surface area contributed by atoms with Gasteiger partial charge in [-0.15, -0.1) is 34.0 Å². The van der Waals surface area contributed by atoms with Gasteiger partial charge >= 0.3 is 44.7 Å². The number of fused-ring (bicyclic) bond motifs is 3. The maximum absolute atomic E-state index is 14.0. The summed E-state index contributed by atoms with van der Waals surface area (Å²) in [6.45, 7) is 2.45. The lowest BCUT2D eigenvalue weighted by Gasteiger charge is -2.26. The van der Waals surface area contributed by atoms with Crippen molar-refractivity contribution >= 4 is 148 Å². The van der Waals surface area contributed by atoms with Gasteiger partial charge in [0, 0.05) is 96.8 Å². The van der Waals surface area contributed by atoms with Crippen LogP contribution in [0.3, 0.4) is 0 Å². The summed E-state index contributed by atoms with van der Waals surface area (Å²) in [5.41, 5.74) is 9.81. The fourth-order valence-electron chi connectivity index (χ4n) is 16.3. The number of nitrogens with zero attached hydrogens (tertiary/aromatic N) is 6. The number of hydrogen-bond acceptors (Lipinski definition) is 34. The monoisotopic (exact) mass is 1950 g/mol. The Morgan fingerprint density at radius 3 is 1.52 bits per heavy atom. The zero-order valence-corrected chi connectivity index (χ0v) is 75.7. The van der Waals surface area contributed by atoms with E-state index in [1.165, 1.54) is 95.8 Å². The molecule has 14 N–H and O–H groups in total. The Labute approximate surface area is 761 Å². The van der Waals surface area contributed by atoms with E-state index >= 15 is 0 Å². The summed E-state index contributed by atoms with van der Waals surface area (Å²) in [5.74, 6) is -2.21. The normalized spacial score (nSPS) is 22.0. The Bertz CT molecular complexity index is 6180. The van der Waals surface area contributed by atoms with Crippen molar-refractivity contribution in [3.8, 4) is 5.75 Å². The number of carbonyl (C=O) groups excluding carboxylic acids is 4. The minimum atomic E-state index is -4.75. The van der Waals surface area contributed by atoms with Gasteiger partial charge in [0.2, 0.25) is 17.3 Å². The number of ketones is 3. The summed E-state index contributed by atoms with van der Waals surface area (Å²) in [4.78, 5) is 99.8. The van der Waals surface area contributed by atoms with Crippen LogP contribution in [0, 0.1) is 24.7 Å². The van der Waals surface area contributed by atoms with E-state index < -0.39 is 92.9 Å². The van der Waals surface area contributed by atoms with Crippen LogP contribution in [0.5, 0.6) is 5.75 Å². The van der Waals surface area contributed by atoms with E-state index in [0.717, 1.165) is 68.6 Å². The van der Waals surface area contributed by atoms with Crippen molar-refractivity contribution in [2.24, 2.45) is 33.2 Å². The summed E-state index contributed by atoms with van der Waals surface area (Å²) < 4.78 is 121. The van der Waals surface area contributed by atoms with Crippen LogP contribution < -0.4 is 35.9 Å². The van der Waals surface area contributed by atoms with E-state index in [4.69, 9.17) is 83.1 Å². The second-order valence-electron chi connectivity index (χ2n) is 31.0. The number of carbonyl (C=O) groups is 4. The summed E-state index contributed by atoms with van der Waals surface area (Å²) in [7, 11) is -17.3. The van der Waals surface area contributed by atoms with Crippen LogP contribution in [0.4, 0.5) is 17.5 Å². The lowest BCUT2D eigenvalue weighted by atomic mass is 9.93. The predicted molar refractivity (Wildman–Crippen MR) is 471 cm³/mol. The molecule has 4 aromatic carbocycles. The van der Waals surface area contributed by atoms with Crippen molar-refractivity contribution in [3.05, 3.63) is 252 Å². The van der Waals surface area contributed by atoms with Gasteiger partial charge < -0.3 is 54.7 Å². The van der Waals surface area contributed by atoms with E-state index in [2.05, 4.69) is 58.7 Å². The molecule has 3 aliphatic carbocycles. The minimum Gasteiger partial charge on any atom is -0.462 e. The molecular weight excluding hydrogens is 1870 g/mol. The third-order valence-electron chi connectivity index (χ3n) is 22.2. The van der Waals surface area contributed by atoms with E-state index in [1.807, 2.05) is 79.0 Å². The molecule has 0 radical (unpaired) electrons. The molecule has 3 aliphatic heterocycles. The molecule has 9 heterocycles. The van der Waals surface area contributed by atoms with Crippen molar-refractivity contribution in [3.63, 3.8) is 0 Å². The lowest BCUT2D eigenvalue weighted by Crippen LogP contribution is -2.28. The molecule has 680 valence electrons. The first-order chi connectivity index (χ1) is 60.9. The summed E-state index contributed by atoms with van der Waals surface area (Å²) in [5, 5.41) is 59.0. The zero-order chi connectivity index (χ0) is 91.1. The topological polar surface area (TPSA) is 554 Å². The minimum absolute atomic E-state index is 0.0815. The Hall–Kier alpha value is -8.71. The fraction of sp³-hybridized carbons (Fsp3) is 0.366. The molecule has 10 aromatic rings. The number of phosphoric ester groups is 1. The van der Waals surface area contributed by atoms with Crippen molar-refractivity contribution in [2.45, 2.75) is 132 Å². The molecule has 0 bridgehead atoms. The standard InChI is InChI=1S/C33H34ClN4O11PS2.C25H27ClN4O7S2.C24H25ClN4O6S2/c1-18-25(32-26-12-22(34)5-4-20(26)8-9-46-32)14-29(51-18)31(40)27-15-36-17-37-33(27)38-23-11-21(16-47-52(35,44)45)28(13-23)48-30(39)10-19-2-6-24(7-3-19)49-50(41,42)43;26-15-2-1-13-3-4-36-24(17(13)6-15)18-8-21(38-22(18)10-31)23(33)19-9-28-12-29-25(19)30-16-5-14(20(32)7-16)11-37-39(27,34)35;25-18-3-1-2-13-4-5-34-23(21(13)18)15-7-20(36-11-15)22(31)17-9-27-12-28-24(17)29-16-6-14(19(30)8-16)10-35-37(26,32)33/h2-7,12,14-15,17,21,23,28,32H,8-11,13,16H2,1H3,(H2,35,44,45)(H,36,37,38)(H2,41,42,43);1-2,6,8-9,12,14,16,20,24,31-32H,3-5,7,10-11H2,(H2,27,34,35)(H,28,29,30);1-3,7,9,11-12,14,16,19,23,30H,4-6,8,10H2,(H2,26,32,33)(H,27,28,29)/t21-,23-,28+,32?;14-,16-,20+,24?;14-,16-,19+,23?/m111/s1. The third-order valence-corrected chi connectivity index (χ3v) is 28.0. The van der Waals surface area contributed by atoms with Crippen LogP contribution >= 0.6 is 76.6 Å². The largest absolute Gasteiger partial charge is 0.524 e. The predicted octanol–water partition coefficient (Wildman–Crippen LogP) is 9.63. The highest BCUT2D eigenvalue weighted by atomic mass is 35.5. The summed E-state index contributed by atoms with van der Waals surface area (Å²) in [6, 6.07) is 27.1. The Kier molecular flexibility index (Phi) is 30.8. The molecular formula is C82H86Cl3N12O24PS6. The molecule has 0 amide bonds. The highest BCUT2D eigenvalue weighted by Gasteiger charge is 2.42. The molecule has 36 nitrogen and oxygen atoms in total. The zero-order valence-electron chi connectivity index (χ0n) is 67.7. The molecule has 3 fully saturated rings. The average Bonchev–Trinajstić information content (AvgIpc) is 1.65. The second-order valence-corrected chi connectivity index (χ2v) is 40.4. The second kappa shape index (κ2) is 41.4. The molecule has 0 spiro atoms. The number of benzene rings is 4. The molecule has 0 saturated heterocycles. The molecule has 3 saturated carbocycles. The highest BCUT2D eigenvalue weighted by Crippen LogP contribution is 2.46. The quantitative estimate of drug-likeness (QED) is 0.0113. The lowest BCUT2D eigenvalue weighted by molar-refractivity contribution is -0.150. The number of aryl methyl sites for hydroxylation is 1. The molecule has 16 rings (SSSR count). The van der Waals surface area contributed by atoms with Crippen LogP contribution in [0.25, 0.3) is 0 Å². The molecule has 3 unspecified atom stereocenters. The van der Waals surface area contributed by atoms with Gasteiger partial charge in [0.05, 0.1) is 96.2 Å². The number of aliphatic hydroxyl groups is 3. The number of ether oxygens (including phenoxy) is 4. The number of rotatable bonds is 30. The van der Waals surface area contributed by atoms with Crippen molar-refractivity contribution < 1.29 is 110 Å². The number of anilines is 3. The van der Waals surface area contributed by atoms with Gasteiger partial charge in [-0.1, -0.05) is 71.2 Å². The van der Waals surface area contributed by atoms with Crippen LogP contribution in [0.2, 0.25) is 15.1 Å². The van der Waals surface area contributed by atoms with Gasteiger partial charge in [0.1, 0.15) is 66.6 Å². The highest BCUT2D eigenvalue weighted by molar-refractivity contribution is 7.84. The number of thiophene rings is 3. The first kappa shape index (κ1) is 95.4. The molecule has 12 atom stereocenters. The summed E-state index contributed by atoms with van der Waals surface area (Å²) >= 11 is 22.9. The number of aromatic nitrogens is 6. The number of halogens is 3. The van der Waals surface area contributed by atoms with Gasteiger partial charge in [-0.3, -0.25) is 41.5 Å². The number of nitrogens with two attached hydrogens (primary N) is 3. The van der Waals surface area contributed by atoms with Crippen LogP contribution in [0.1, 0.15) is 168 Å². The Morgan fingerprint density at radius 1 is 0.547 bits per heavy atom. The van der Waals surface area contributed by atoms with Crippen LogP contribution in [-0.4, -0.2) is 180 Å². The SMILES string of the molecule is Cc1sc(C(=O)c2cncnc2N[C@@H]2C[C@H](COS(N)(=O)=O)[C@@H](OC(=O)Cc3ccc(OP(=O)(O)O)cc3)C2)cc1C1OCCc2ccc(Cl)cc21.NS(=O)(=O)OC[C@H]1C[C@@H](Nc2ncncc2C(=O)c2cc(C3OCCc4ccc(Cl)cc43)c(CO)s2)C[C@@H]1O.NS(=O)(=O)OC[C@H]1C[C@@H](Nc2ncncc2C(=O)c2cc(C3OCCc4cccc(Cl)c43)cs2)C[C@@H]1O. The number of phosphoric acid groups is 1. The van der Waals surface area contributed by atoms with Crippen LogP contribution in [-0.2, 0) is 104 Å². The molecule has 6 aromatic heterocycles. The first-order valence-electron chi connectivity index (χ1n) is 39.8. The van der Waals surface area contributed by atoms with Gasteiger partial charge in [-0.2, -0.15) is 25.3 Å². The van der Waals surface area contributed by atoms with E-state index in [1.54, 1.807) is 6.07 Å². The number of hydrogen-bond donors (Lipinski definition) is 11. The number of esters is 1. The van der Waals surface area contributed by atoms with E-state index in [-0.39, 0.29) is 121 Å². The number of aliphatic hydroxyl groups excluding tert-OH is 3. The van der Waals surface area contributed by atoms with Crippen molar-refractivity contribution in [2.75, 3.05) is 55.6 Å².